The average molecular weight is 273 g/mol. The van der Waals surface area contributed by atoms with E-state index in [1.165, 1.54) is 31.5 Å². The van der Waals surface area contributed by atoms with Gasteiger partial charge < -0.3 is 5.32 Å². The van der Waals surface area contributed by atoms with Crippen molar-refractivity contribution in [2.45, 2.75) is 38.8 Å². The van der Waals surface area contributed by atoms with E-state index >= 15 is 0 Å². The fourth-order valence-corrected chi connectivity index (χ4v) is 3.31. The predicted octanol–water partition coefficient (Wildman–Crippen LogP) is 3.54. The first-order valence-electron chi connectivity index (χ1n) is 6.38. The summed E-state index contributed by atoms with van der Waals surface area (Å²) in [5, 5.41) is 5.73. The summed E-state index contributed by atoms with van der Waals surface area (Å²) in [4.78, 5) is 2.57. The minimum Gasteiger partial charge on any atom is -0.309 e. The molecule has 1 fully saturated rings. The summed E-state index contributed by atoms with van der Waals surface area (Å²) in [7, 11) is 0. The lowest BCUT2D eigenvalue weighted by atomic mass is 10.1. The summed E-state index contributed by atoms with van der Waals surface area (Å²) in [5.41, 5.74) is 1.30. The number of thiophene rings is 1. The molecule has 2 rings (SSSR count). The molecule has 0 aliphatic carbocycles. The van der Waals surface area contributed by atoms with Crippen molar-refractivity contribution in [1.82, 2.24) is 10.2 Å². The molecule has 1 aromatic rings. The number of rotatable bonds is 5. The highest BCUT2D eigenvalue weighted by atomic mass is 35.5. The van der Waals surface area contributed by atoms with Crippen LogP contribution in [-0.4, -0.2) is 30.6 Å². The van der Waals surface area contributed by atoms with Crippen molar-refractivity contribution >= 4 is 22.9 Å². The Kier molecular flexibility index (Phi) is 4.86. The van der Waals surface area contributed by atoms with E-state index in [0.717, 1.165) is 10.9 Å². The maximum Gasteiger partial charge on any atom is 0.0931 e. The fourth-order valence-electron chi connectivity index (χ4n) is 2.33. The second kappa shape index (κ2) is 6.19. The molecule has 0 saturated carbocycles. The minimum absolute atomic E-state index is 0.392. The van der Waals surface area contributed by atoms with E-state index in [-0.39, 0.29) is 0 Å². The Morgan fingerprint density at radius 2 is 2.12 bits per heavy atom. The van der Waals surface area contributed by atoms with Crippen LogP contribution in [0.2, 0.25) is 4.34 Å². The topological polar surface area (TPSA) is 15.3 Å². The van der Waals surface area contributed by atoms with Crippen molar-refractivity contribution in [3.05, 3.63) is 21.3 Å². The van der Waals surface area contributed by atoms with E-state index in [0.29, 0.717) is 12.1 Å². The molecule has 0 radical (unpaired) electrons. The molecular formula is C13H21ClN2S. The largest absolute Gasteiger partial charge is 0.309 e. The van der Waals surface area contributed by atoms with Gasteiger partial charge in [0.2, 0.25) is 0 Å². The highest BCUT2D eigenvalue weighted by Crippen LogP contribution is 2.24. The maximum absolute atomic E-state index is 5.95. The molecule has 1 saturated heterocycles. The molecule has 2 heterocycles. The molecule has 0 aromatic carbocycles. The van der Waals surface area contributed by atoms with Crippen LogP contribution in [0, 0.1) is 0 Å². The first-order valence-corrected chi connectivity index (χ1v) is 7.64. The SMILES string of the molecule is CC(NCC(C)N1CCCC1)c1csc(Cl)c1. The van der Waals surface area contributed by atoms with Crippen LogP contribution < -0.4 is 5.32 Å². The molecule has 1 aliphatic heterocycles. The first-order chi connectivity index (χ1) is 8.16. The van der Waals surface area contributed by atoms with Crippen LogP contribution in [0.3, 0.4) is 0 Å². The van der Waals surface area contributed by atoms with Gasteiger partial charge in [0.1, 0.15) is 0 Å². The highest BCUT2D eigenvalue weighted by Gasteiger charge is 2.18. The molecule has 96 valence electrons. The molecule has 1 aromatic heterocycles. The van der Waals surface area contributed by atoms with E-state index in [4.69, 9.17) is 11.6 Å². The van der Waals surface area contributed by atoms with Gasteiger partial charge in [-0.1, -0.05) is 11.6 Å². The lowest BCUT2D eigenvalue weighted by Crippen LogP contribution is -2.39. The molecule has 0 amide bonds. The third kappa shape index (κ3) is 3.68. The number of nitrogens with one attached hydrogen (secondary N) is 1. The molecule has 17 heavy (non-hydrogen) atoms. The molecule has 2 nitrogen and oxygen atoms in total. The van der Waals surface area contributed by atoms with Crippen LogP contribution in [-0.2, 0) is 0 Å². The standard InChI is InChI=1S/C13H21ClN2S/c1-10(16-5-3-4-6-16)8-15-11(2)12-7-13(14)17-9-12/h7,9-11,15H,3-6,8H2,1-2H3. The number of hydrogen-bond acceptors (Lipinski definition) is 3. The lowest BCUT2D eigenvalue weighted by molar-refractivity contribution is 0.247. The van der Waals surface area contributed by atoms with Crippen LogP contribution in [0.25, 0.3) is 0 Å². The zero-order valence-corrected chi connectivity index (χ0v) is 12.2. The Hall–Kier alpha value is -0.0900. The summed E-state index contributed by atoms with van der Waals surface area (Å²) in [6, 6.07) is 3.09. The summed E-state index contributed by atoms with van der Waals surface area (Å²) in [5.74, 6) is 0. The van der Waals surface area contributed by atoms with Gasteiger partial charge in [0.25, 0.3) is 0 Å². The van der Waals surface area contributed by atoms with Crippen molar-refractivity contribution in [1.29, 1.82) is 0 Å². The Balaban J connectivity index is 1.77. The van der Waals surface area contributed by atoms with E-state index in [9.17, 15) is 0 Å². The van der Waals surface area contributed by atoms with Gasteiger partial charge in [0.05, 0.1) is 4.34 Å². The molecule has 1 aliphatic rings. The monoisotopic (exact) mass is 272 g/mol. The molecule has 1 N–H and O–H groups in total. The van der Waals surface area contributed by atoms with Crippen molar-refractivity contribution < 1.29 is 0 Å². The smallest absolute Gasteiger partial charge is 0.0931 e. The Morgan fingerprint density at radius 1 is 1.41 bits per heavy atom. The Morgan fingerprint density at radius 3 is 2.71 bits per heavy atom. The normalized spacial score (nSPS) is 20.6. The fraction of sp³-hybridized carbons (Fsp3) is 0.692. The number of likely N-dealkylation sites (tertiary alicyclic amines) is 1. The summed E-state index contributed by atoms with van der Waals surface area (Å²) in [6.45, 7) is 8.10. The predicted molar refractivity (Wildman–Crippen MR) is 76.0 cm³/mol. The van der Waals surface area contributed by atoms with Gasteiger partial charge in [-0.2, -0.15) is 0 Å². The van der Waals surface area contributed by atoms with Crippen molar-refractivity contribution in [3.8, 4) is 0 Å². The molecular weight excluding hydrogens is 252 g/mol. The first kappa shape index (κ1) is 13.3. The molecule has 0 spiro atoms. The average Bonchev–Trinajstić information content (AvgIpc) is 2.95. The van der Waals surface area contributed by atoms with Crippen molar-refractivity contribution in [2.75, 3.05) is 19.6 Å². The van der Waals surface area contributed by atoms with Crippen LogP contribution >= 0.6 is 22.9 Å². The van der Waals surface area contributed by atoms with Crippen molar-refractivity contribution in [2.24, 2.45) is 0 Å². The minimum atomic E-state index is 0.392. The number of halogens is 1. The number of hydrogen-bond donors (Lipinski definition) is 1. The van der Waals surface area contributed by atoms with Gasteiger partial charge in [-0.25, -0.2) is 0 Å². The number of nitrogens with zero attached hydrogens (tertiary/aromatic N) is 1. The summed E-state index contributed by atoms with van der Waals surface area (Å²) in [6.07, 6.45) is 2.72. The maximum atomic E-state index is 5.95. The van der Waals surface area contributed by atoms with Crippen LogP contribution in [0.1, 0.15) is 38.3 Å². The van der Waals surface area contributed by atoms with Crippen LogP contribution in [0.5, 0.6) is 0 Å². The molecule has 4 heteroatoms. The Bertz CT molecular complexity index is 347. The Labute approximate surface area is 113 Å². The van der Waals surface area contributed by atoms with Gasteiger partial charge in [0, 0.05) is 18.6 Å². The molecule has 2 atom stereocenters. The quantitative estimate of drug-likeness (QED) is 0.882. The lowest BCUT2D eigenvalue weighted by Gasteiger charge is -2.25. The highest BCUT2D eigenvalue weighted by molar-refractivity contribution is 7.14. The summed E-state index contributed by atoms with van der Waals surface area (Å²) >= 11 is 7.56. The summed E-state index contributed by atoms with van der Waals surface area (Å²) < 4.78 is 0.876. The van der Waals surface area contributed by atoms with Gasteiger partial charge >= 0.3 is 0 Å². The van der Waals surface area contributed by atoms with Gasteiger partial charge in [0.15, 0.2) is 0 Å². The van der Waals surface area contributed by atoms with E-state index in [2.05, 4.69) is 35.5 Å². The zero-order valence-electron chi connectivity index (χ0n) is 10.6. The molecule has 2 unspecified atom stereocenters. The van der Waals surface area contributed by atoms with Crippen LogP contribution in [0.4, 0.5) is 0 Å². The van der Waals surface area contributed by atoms with Crippen LogP contribution in [0.15, 0.2) is 11.4 Å². The third-order valence-electron chi connectivity index (χ3n) is 3.57. The van der Waals surface area contributed by atoms with E-state index < -0.39 is 0 Å². The third-order valence-corrected chi connectivity index (χ3v) is 4.68. The second-order valence-corrected chi connectivity index (χ2v) is 6.45. The van der Waals surface area contributed by atoms with Gasteiger partial charge in [-0.15, -0.1) is 11.3 Å². The van der Waals surface area contributed by atoms with E-state index in [1.807, 2.05) is 0 Å². The van der Waals surface area contributed by atoms with Crippen molar-refractivity contribution in [3.63, 3.8) is 0 Å². The second-order valence-electron chi connectivity index (χ2n) is 4.91. The molecule has 0 bridgehead atoms. The van der Waals surface area contributed by atoms with Gasteiger partial charge in [-0.05, 0) is 56.8 Å². The van der Waals surface area contributed by atoms with Gasteiger partial charge in [-0.3, -0.25) is 4.90 Å². The van der Waals surface area contributed by atoms with E-state index in [1.54, 1.807) is 11.3 Å². The zero-order chi connectivity index (χ0) is 12.3.